The van der Waals surface area contributed by atoms with Crippen LogP contribution in [0.15, 0.2) is 47.8 Å². The molecule has 29 heavy (non-hydrogen) atoms. The summed E-state index contributed by atoms with van der Waals surface area (Å²) in [5.41, 5.74) is 6.88. The second-order valence-electron chi connectivity index (χ2n) is 6.30. The van der Waals surface area contributed by atoms with Gasteiger partial charge >= 0.3 is 6.18 Å². The zero-order valence-corrected chi connectivity index (χ0v) is 16.0. The summed E-state index contributed by atoms with van der Waals surface area (Å²) in [4.78, 5) is 16.9. The highest BCUT2D eigenvalue weighted by molar-refractivity contribution is 7.99. The summed E-state index contributed by atoms with van der Waals surface area (Å²) in [5, 5.41) is 4.06. The Kier molecular flexibility index (Phi) is 5.92. The molecular weight excluding hydrogens is 408 g/mol. The van der Waals surface area contributed by atoms with Crippen LogP contribution in [0.2, 0.25) is 0 Å². The summed E-state index contributed by atoms with van der Waals surface area (Å²) in [5.74, 6) is -2.28. The number of carbonyl (C=O) groups excluding carboxylic acids is 1. The topological polar surface area (TPSA) is 73.8 Å². The van der Waals surface area contributed by atoms with Gasteiger partial charge in [0.15, 0.2) is 11.6 Å². The molecule has 0 saturated heterocycles. The van der Waals surface area contributed by atoms with Crippen LogP contribution < -0.4 is 5.73 Å². The summed E-state index contributed by atoms with van der Waals surface area (Å²) < 4.78 is 53.2. The molecule has 3 rings (SSSR count). The SMILES string of the molecule is Cc1cc(F)c(CC(=O)c2cn(-c3cccnc3)nc2N)cc1SCC(F)(F)F. The van der Waals surface area contributed by atoms with Crippen LogP contribution in [0.4, 0.5) is 23.4 Å². The lowest BCUT2D eigenvalue weighted by molar-refractivity contribution is -0.105. The molecule has 0 spiro atoms. The van der Waals surface area contributed by atoms with Crippen molar-refractivity contribution < 1.29 is 22.4 Å². The number of hydrogen-bond donors (Lipinski definition) is 1. The first-order valence-electron chi connectivity index (χ1n) is 8.41. The molecule has 0 saturated carbocycles. The van der Waals surface area contributed by atoms with Gasteiger partial charge in [-0.05, 0) is 42.3 Å². The number of rotatable bonds is 6. The molecule has 2 aromatic heterocycles. The number of ketones is 1. The molecule has 0 fully saturated rings. The average molecular weight is 424 g/mol. The van der Waals surface area contributed by atoms with Crippen molar-refractivity contribution in [2.24, 2.45) is 0 Å². The molecular formula is C19H16F4N4OS. The first-order valence-corrected chi connectivity index (χ1v) is 9.40. The van der Waals surface area contributed by atoms with Gasteiger partial charge in [-0.2, -0.15) is 13.2 Å². The number of anilines is 1. The second kappa shape index (κ2) is 8.24. The van der Waals surface area contributed by atoms with E-state index in [1.165, 1.54) is 30.1 Å². The standard InChI is InChI=1S/C19H16F4N4OS/c1-11-5-15(20)12(7-17(11)29-10-19(21,22)23)6-16(28)14-9-27(26-18(14)24)13-3-2-4-25-8-13/h2-5,7-9H,6,10H2,1H3,(H2,24,26). The van der Waals surface area contributed by atoms with E-state index in [1.807, 2.05) is 0 Å². The van der Waals surface area contributed by atoms with E-state index in [9.17, 15) is 22.4 Å². The maximum absolute atomic E-state index is 14.3. The van der Waals surface area contributed by atoms with Crippen LogP contribution in [0.25, 0.3) is 5.69 Å². The van der Waals surface area contributed by atoms with Crippen molar-refractivity contribution in [3.05, 3.63) is 65.4 Å². The molecule has 152 valence electrons. The molecule has 3 aromatic rings. The van der Waals surface area contributed by atoms with Crippen LogP contribution in [-0.2, 0) is 6.42 Å². The molecule has 5 nitrogen and oxygen atoms in total. The number of nitrogen functional groups attached to an aromatic ring is 1. The largest absolute Gasteiger partial charge is 0.398 e. The number of Topliss-reactive ketones (excluding diaryl/α,β-unsaturated/α-hetero) is 1. The molecule has 0 atom stereocenters. The van der Waals surface area contributed by atoms with E-state index in [2.05, 4.69) is 10.1 Å². The van der Waals surface area contributed by atoms with Crippen LogP contribution in [0.3, 0.4) is 0 Å². The molecule has 10 heteroatoms. The number of benzene rings is 1. The summed E-state index contributed by atoms with van der Waals surface area (Å²) in [7, 11) is 0. The number of aryl methyl sites for hydroxylation is 1. The molecule has 1 aromatic carbocycles. The normalized spacial score (nSPS) is 11.6. The molecule has 0 aliphatic carbocycles. The van der Waals surface area contributed by atoms with Crippen molar-refractivity contribution in [2.45, 2.75) is 24.4 Å². The number of aromatic nitrogens is 3. The van der Waals surface area contributed by atoms with Crippen LogP contribution in [0.1, 0.15) is 21.5 Å². The smallest absolute Gasteiger partial charge is 0.382 e. The Balaban J connectivity index is 1.83. The minimum absolute atomic E-state index is 0.00111. The second-order valence-corrected chi connectivity index (χ2v) is 7.31. The summed E-state index contributed by atoms with van der Waals surface area (Å²) in [6.07, 6.45) is -0.174. The number of hydrogen-bond acceptors (Lipinski definition) is 5. The summed E-state index contributed by atoms with van der Waals surface area (Å²) in [6.45, 7) is 1.52. The average Bonchev–Trinajstić information content (AvgIpc) is 3.05. The third kappa shape index (κ3) is 5.14. The number of nitrogens with two attached hydrogens (primary N) is 1. The van der Waals surface area contributed by atoms with Gasteiger partial charge in [-0.3, -0.25) is 9.78 Å². The fraction of sp³-hybridized carbons (Fsp3) is 0.211. The van der Waals surface area contributed by atoms with Crippen molar-refractivity contribution in [2.75, 3.05) is 11.5 Å². The molecule has 2 N–H and O–H groups in total. The number of pyridine rings is 1. The van der Waals surface area contributed by atoms with Gasteiger partial charge < -0.3 is 5.73 Å². The fourth-order valence-corrected chi connectivity index (χ4v) is 3.47. The number of thioether (sulfide) groups is 1. The van der Waals surface area contributed by atoms with E-state index in [0.29, 0.717) is 23.0 Å². The quantitative estimate of drug-likeness (QED) is 0.361. The van der Waals surface area contributed by atoms with Crippen LogP contribution in [-0.4, -0.2) is 32.5 Å². The zero-order valence-electron chi connectivity index (χ0n) is 15.2. The lowest BCUT2D eigenvalue weighted by Crippen LogP contribution is -2.11. The van der Waals surface area contributed by atoms with Gasteiger partial charge in [-0.1, -0.05) is 0 Å². The Morgan fingerprint density at radius 3 is 2.72 bits per heavy atom. The Morgan fingerprint density at radius 1 is 1.31 bits per heavy atom. The van der Waals surface area contributed by atoms with Gasteiger partial charge in [0.05, 0.1) is 23.2 Å². The van der Waals surface area contributed by atoms with E-state index in [4.69, 9.17) is 5.73 Å². The molecule has 0 aliphatic heterocycles. The van der Waals surface area contributed by atoms with Crippen molar-refractivity contribution in [1.82, 2.24) is 14.8 Å². The Bertz CT molecular complexity index is 1030. The van der Waals surface area contributed by atoms with Crippen molar-refractivity contribution in [1.29, 1.82) is 0 Å². The third-order valence-electron chi connectivity index (χ3n) is 4.04. The maximum atomic E-state index is 14.3. The number of carbonyl (C=O) groups is 1. The zero-order chi connectivity index (χ0) is 21.2. The highest BCUT2D eigenvalue weighted by Crippen LogP contribution is 2.31. The van der Waals surface area contributed by atoms with Gasteiger partial charge in [0.2, 0.25) is 0 Å². The number of halogens is 4. The monoisotopic (exact) mass is 424 g/mol. The van der Waals surface area contributed by atoms with Crippen molar-refractivity contribution in [3.8, 4) is 5.69 Å². The van der Waals surface area contributed by atoms with E-state index in [1.54, 1.807) is 18.3 Å². The van der Waals surface area contributed by atoms with Crippen LogP contribution in [0, 0.1) is 12.7 Å². The van der Waals surface area contributed by atoms with Gasteiger partial charge in [-0.15, -0.1) is 16.9 Å². The lowest BCUT2D eigenvalue weighted by Gasteiger charge is -2.11. The molecule has 0 radical (unpaired) electrons. The van der Waals surface area contributed by atoms with Gasteiger partial charge in [0, 0.05) is 23.7 Å². The van der Waals surface area contributed by atoms with Crippen molar-refractivity contribution >= 4 is 23.4 Å². The van der Waals surface area contributed by atoms with E-state index in [0.717, 1.165) is 6.07 Å². The molecule has 0 unspecified atom stereocenters. The first-order chi connectivity index (χ1) is 13.6. The van der Waals surface area contributed by atoms with E-state index in [-0.39, 0.29) is 28.3 Å². The van der Waals surface area contributed by atoms with Gasteiger partial charge in [0.1, 0.15) is 5.82 Å². The number of alkyl halides is 3. The highest BCUT2D eigenvalue weighted by atomic mass is 32.2. The summed E-state index contributed by atoms with van der Waals surface area (Å²) >= 11 is 0.553. The van der Waals surface area contributed by atoms with E-state index >= 15 is 0 Å². The third-order valence-corrected chi connectivity index (χ3v) is 5.26. The van der Waals surface area contributed by atoms with Gasteiger partial charge in [0.25, 0.3) is 0 Å². The van der Waals surface area contributed by atoms with Crippen molar-refractivity contribution in [3.63, 3.8) is 0 Å². The molecule has 0 bridgehead atoms. The minimum atomic E-state index is -4.35. The summed E-state index contributed by atoms with van der Waals surface area (Å²) in [6, 6.07) is 5.82. The highest BCUT2D eigenvalue weighted by Gasteiger charge is 2.28. The van der Waals surface area contributed by atoms with Crippen LogP contribution >= 0.6 is 11.8 Å². The first kappa shape index (κ1) is 20.8. The molecule has 0 aliphatic rings. The number of nitrogens with zero attached hydrogens (tertiary/aromatic N) is 3. The minimum Gasteiger partial charge on any atom is -0.382 e. The predicted octanol–water partition coefficient (Wildman–Crippen LogP) is 4.38. The molecule has 0 amide bonds. The maximum Gasteiger partial charge on any atom is 0.398 e. The predicted molar refractivity (Wildman–Crippen MR) is 102 cm³/mol. The Hall–Kier alpha value is -2.88. The van der Waals surface area contributed by atoms with Gasteiger partial charge in [-0.25, -0.2) is 9.07 Å². The Labute approximate surface area is 167 Å². The van der Waals surface area contributed by atoms with E-state index < -0.39 is 23.5 Å². The molecule has 2 heterocycles. The lowest BCUT2D eigenvalue weighted by atomic mass is 10.0. The Morgan fingerprint density at radius 2 is 2.07 bits per heavy atom. The van der Waals surface area contributed by atoms with Crippen LogP contribution in [0.5, 0.6) is 0 Å². The fourth-order valence-electron chi connectivity index (χ4n) is 2.64.